The molecule has 0 bridgehead atoms. The Labute approximate surface area is 101 Å². The fourth-order valence-corrected chi connectivity index (χ4v) is 1.16. The molecule has 0 heterocycles. The number of allylic oxidation sites excluding steroid dienone is 10. The van der Waals surface area contributed by atoms with Crippen molar-refractivity contribution in [1.82, 2.24) is 0 Å². The van der Waals surface area contributed by atoms with Gasteiger partial charge in [-0.15, -0.1) is 0 Å². The molecule has 0 spiro atoms. The van der Waals surface area contributed by atoms with E-state index in [9.17, 15) is 0 Å². The van der Waals surface area contributed by atoms with Gasteiger partial charge in [-0.2, -0.15) is 0 Å². The molecule has 0 aliphatic heterocycles. The first-order chi connectivity index (χ1) is 7.56. The fourth-order valence-electron chi connectivity index (χ4n) is 1.16. The van der Waals surface area contributed by atoms with Crippen molar-refractivity contribution in [3.63, 3.8) is 0 Å². The van der Waals surface area contributed by atoms with Gasteiger partial charge in [-0.05, 0) is 26.7 Å². The van der Waals surface area contributed by atoms with Crippen molar-refractivity contribution in [2.75, 3.05) is 0 Å². The highest BCUT2D eigenvalue weighted by Gasteiger charge is 1.82. The maximum Gasteiger partial charge on any atom is -0.0287 e. The Bertz CT molecular complexity index is 320. The molecule has 0 rings (SSSR count). The smallest absolute Gasteiger partial charge is 0.0287 e. The van der Waals surface area contributed by atoms with Crippen molar-refractivity contribution in [2.45, 2.75) is 34.6 Å². The Kier molecular flexibility index (Phi) is 8.24. The van der Waals surface area contributed by atoms with Gasteiger partial charge in [0.15, 0.2) is 0 Å². The Morgan fingerprint density at radius 3 is 2.00 bits per heavy atom. The van der Waals surface area contributed by atoms with Gasteiger partial charge >= 0.3 is 0 Å². The van der Waals surface area contributed by atoms with Crippen LogP contribution < -0.4 is 0 Å². The van der Waals surface area contributed by atoms with E-state index < -0.39 is 0 Å². The molecule has 88 valence electrons. The van der Waals surface area contributed by atoms with Crippen molar-refractivity contribution < 1.29 is 0 Å². The van der Waals surface area contributed by atoms with Crippen molar-refractivity contribution in [3.8, 4) is 0 Å². The first kappa shape index (κ1) is 14.7. The Morgan fingerprint density at radius 1 is 0.875 bits per heavy atom. The van der Waals surface area contributed by atoms with Crippen LogP contribution in [0, 0.1) is 5.92 Å². The van der Waals surface area contributed by atoms with Gasteiger partial charge in [0, 0.05) is 0 Å². The van der Waals surface area contributed by atoms with Crippen LogP contribution >= 0.6 is 0 Å². The van der Waals surface area contributed by atoms with E-state index >= 15 is 0 Å². The van der Waals surface area contributed by atoms with Crippen molar-refractivity contribution >= 4 is 0 Å². The molecule has 0 aliphatic carbocycles. The first-order valence-corrected chi connectivity index (χ1v) is 5.89. The molecule has 0 amide bonds. The molecule has 0 atom stereocenters. The largest absolute Gasteiger partial charge is 0.0874 e. The minimum absolute atomic E-state index is 0.616. The summed E-state index contributed by atoms with van der Waals surface area (Å²) in [6, 6.07) is 0. The molecule has 0 heteroatoms. The van der Waals surface area contributed by atoms with Crippen LogP contribution in [0.5, 0.6) is 0 Å². The SMILES string of the molecule is C/C=C/C(C)=C/C=C/C(C)=C/C=C/C(C)C. The molecule has 0 aromatic carbocycles. The van der Waals surface area contributed by atoms with Crippen LogP contribution in [0.4, 0.5) is 0 Å². The zero-order chi connectivity index (χ0) is 12.4. The summed E-state index contributed by atoms with van der Waals surface area (Å²) in [5, 5.41) is 0. The molecule has 16 heavy (non-hydrogen) atoms. The average Bonchev–Trinajstić information content (AvgIpc) is 2.17. The van der Waals surface area contributed by atoms with E-state index in [4.69, 9.17) is 0 Å². The molecular formula is C16H24. The third-order valence-electron chi connectivity index (χ3n) is 2.00. The van der Waals surface area contributed by atoms with Crippen LogP contribution in [0.3, 0.4) is 0 Å². The summed E-state index contributed by atoms with van der Waals surface area (Å²) >= 11 is 0. The van der Waals surface area contributed by atoms with Gasteiger partial charge in [-0.25, -0.2) is 0 Å². The van der Waals surface area contributed by atoms with Crippen LogP contribution in [0.1, 0.15) is 34.6 Å². The van der Waals surface area contributed by atoms with E-state index in [0.717, 1.165) is 0 Å². The quantitative estimate of drug-likeness (QED) is 0.552. The molecule has 0 aliphatic rings. The normalized spacial score (nSPS) is 15.1. The van der Waals surface area contributed by atoms with Gasteiger partial charge < -0.3 is 0 Å². The molecule has 0 radical (unpaired) electrons. The van der Waals surface area contributed by atoms with Crippen molar-refractivity contribution in [3.05, 3.63) is 59.8 Å². The summed E-state index contributed by atoms with van der Waals surface area (Å²) in [5.41, 5.74) is 2.53. The summed E-state index contributed by atoms with van der Waals surface area (Å²) in [7, 11) is 0. The highest BCUT2D eigenvalue weighted by atomic mass is 13.9. The van der Waals surface area contributed by atoms with Crippen LogP contribution in [-0.4, -0.2) is 0 Å². The minimum Gasteiger partial charge on any atom is -0.0874 e. The molecule has 0 unspecified atom stereocenters. The van der Waals surface area contributed by atoms with Gasteiger partial charge in [0.2, 0.25) is 0 Å². The van der Waals surface area contributed by atoms with E-state index in [0.29, 0.717) is 5.92 Å². The third-order valence-corrected chi connectivity index (χ3v) is 2.00. The van der Waals surface area contributed by atoms with Gasteiger partial charge in [-0.3, -0.25) is 0 Å². The maximum absolute atomic E-state index is 2.19. The van der Waals surface area contributed by atoms with E-state index in [1.807, 2.05) is 13.0 Å². The average molecular weight is 216 g/mol. The molecule has 0 nitrogen and oxygen atoms in total. The van der Waals surface area contributed by atoms with Gasteiger partial charge in [-0.1, -0.05) is 73.6 Å². The Hall–Kier alpha value is -1.30. The second-order valence-corrected chi connectivity index (χ2v) is 4.31. The summed E-state index contributed by atoms with van der Waals surface area (Å²) in [4.78, 5) is 0. The van der Waals surface area contributed by atoms with Crippen molar-refractivity contribution in [1.29, 1.82) is 0 Å². The van der Waals surface area contributed by atoms with Crippen LogP contribution in [0.15, 0.2) is 59.8 Å². The molecule has 0 aromatic heterocycles. The lowest BCUT2D eigenvalue weighted by Crippen LogP contribution is -1.75. The summed E-state index contributed by atoms with van der Waals surface area (Å²) in [6.07, 6.45) is 16.9. The Balaban J connectivity index is 4.28. The lowest BCUT2D eigenvalue weighted by molar-refractivity contribution is 0.832. The molecular weight excluding hydrogens is 192 g/mol. The second kappa shape index (κ2) is 8.96. The van der Waals surface area contributed by atoms with E-state index in [-0.39, 0.29) is 0 Å². The van der Waals surface area contributed by atoms with Gasteiger partial charge in [0.05, 0.1) is 0 Å². The van der Waals surface area contributed by atoms with E-state index in [2.05, 4.69) is 70.2 Å². The van der Waals surface area contributed by atoms with Gasteiger partial charge in [0.1, 0.15) is 0 Å². The summed E-state index contributed by atoms with van der Waals surface area (Å²) in [5.74, 6) is 0.616. The fraction of sp³-hybridized carbons (Fsp3) is 0.375. The zero-order valence-corrected chi connectivity index (χ0v) is 11.2. The van der Waals surface area contributed by atoms with E-state index in [1.165, 1.54) is 11.1 Å². The molecule has 0 saturated carbocycles. The predicted octanol–water partition coefficient (Wildman–Crippen LogP) is 5.22. The lowest BCUT2D eigenvalue weighted by Gasteiger charge is -1.91. The number of hydrogen-bond acceptors (Lipinski definition) is 0. The second-order valence-electron chi connectivity index (χ2n) is 4.31. The molecule has 0 N–H and O–H groups in total. The summed E-state index contributed by atoms with van der Waals surface area (Å²) < 4.78 is 0. The predicted molar refractivity (Wildman–Crippen MR) is 75.4 cm³/mol. The molecule has 0 saturated heterocycles. The van der Waals surface area contributed by atoms with Crippen LogP contribution in [0.25, 0.3) is 0 Å². The van der Waals surface area contributed by atoms with Crippen LogP contribution in [-0.2, 0) is 0 Å². The van der Waals surface area contributed by atoms with Crippen LogP contribution in [0.2, 0.25) is 0 Å². The molecule has 0 aromatic rings. The third kappa shape index (κ3) is 9.26. The number of rotatable bonds is 5. The highest BCUT2D eigenvalue weighted by molar-refractivity contribution is 5.28. The lowest BCUT2D eigenvalue weighted by atomic mass is 10.2. The van der Waals surface area contributed by atoms with E-state index in [1.54, 1.807) is 0 Å². The van der Waals surface area contributed by atoms with Gasteiger partial charge in [0.25, 0.3) is 0 Å². The monoisotopic (exact) mass is 216 g/mol. The zero-order valence-electron chi connectivity index (χ0n) is 11.2. The number of hydrogen-bond donors (Lipinski definition) is 0. The topological polar surface area (TPSA) is 0 Å². The Morgan fingerprint density at radius 2 is 1.44 bits per heavy atom. The minimum atomic E-state index is 0.616. The highest BCUT2D eigenvalue weighted by Crippen LogP contribution is 2.01. The summed E-state index contributed by atoms with van der Waals surface area (Å²) in [6.45, 7) is 10.6. The first-order valence-electron chi connectivity index (χ1n) is 5.89. The molecule has 0 fully saturated rings. The maximum atomic E-state index is 2.19. The standard InChI is InChI=1S/C16H24/c1-6-9-15(4)12-8-13-16(5)11-7-10-14(2)3/h6-14H,1-5H3/b9-6+,10-7+,13-8+,15-12+,16-11+. The van der Waals surface area contributed by atoms with Crippen molar-refractivity contribution in [2.24, 2.45) is 5.92 Å².